The van der Waals surface area contributed by atoms with Crippen LogP contribution in [0.2, 0.25) is 0 Å². The lowest BCUT2D eigenvalue weighted by molar-refractivity contribution is -0.117. The van der Waals surface area contributed by atoms with Crippen molar-refractivity contribution >= 4 is 31.6 Å². The van der Waals surface area contributed by atoms with Gasteiger partial charge in [0, 0.05) is 5.69 Å². The molecule has 0 aliphatic heterocycles. The molecular formula is C22H22FN3O6S2. The van der Waals surface area contributed by atoms with E-state index in [1.54, 1.807) is 30.3 Å². The first kappa shape index (κ1) is 25.3. The maximum Gasteiger partial charge on any atom is 0.245 e. The molecule has 3 aromatic carbocycles. The van der Waals surface area contributed by atoms with E-state index >= 15 is 0 Å². The van der Waals surface area contributed by atoms with Crippen molar-refractivity contribution < 1.29 is 30.8 Å². The highest BCUT2D eigenvalue weighted by atomic mass is 32.2. The van der Waals surface area contributed by atoms with E-state index in [1.807, 2.05) is 0 Å². The fourth-order valence-electron chi connectivity index (χ4n) is 3.11. The summed E-state index contributed by atoms with van der Waals surface area (Å²) < 4.78 is 70.1. The normalized spacial score (nSPS) is 12.7. The lowest BCUT2D eigenvalue weighted by atomic mass is 10.1. The standard InChI is InChI=1S/C22H22FN3O6S2/c1-32-20-12-7-16(23)14-21(20)34(30,31)26-19(13-15-5-3-2-4-6-15)22(27)25-17-8-10-18(11-9-17)33(24,28)29/h2-12,14,19,26H,13H2,1H3,(H,25,27)(H2,24,28,29). The van der Waals surface area contributed by atoms with Gasteiger partial charge in [-0.3, -0.25) is 4.79 Å². The molecule has 1 unspecified atom stereocenters. The van der Waals surface area contributed by atoms with E-state index in [9.17, 15) is 26.0 Å². The number of nitrogens with one attached hydrogen (secondary N) is 2. The second kappa shape index (κ2) is 10.3. The van der Waals surface area contributed by atoms with Crippen LogP contribution in [0.15, 0.2) is 82.6 Å². The van der Waals surface area contributed by atoms with Crippen LogP contribution in [0, 0.1) is 5.82 Å². The van der Waals surface area contributed by atoms with Gasteiger partial charge in [-0.15, -0.1) is 0 Å². The molecule has 0 aromatic heterocycles. The minimum atomic E-state index is -4.38. The molecule has 12 heteroatoms. The van der Waals surface area contributed by atoms with Crippen LogP contribution in [-0.4, -0.2) is 35.9 Å². The first-order chi connectivity index (χ1) is 16.0. The minimum Gasteiger partial charge on any atom is -0.495 e. The predicted molar refractivity (Wildman–Crippen MR) is 124 cm³/mol. The van der Waals surface area contributed by atoms with Crippen LogP contribution < -0.4 is 19.9 Å². The van der Waals surface area contributed by atoms with E-state index in [4.69, 9.17) is 9.88 Å². The summed E-state index contributed by atoms with van der Waals surface area (Å²) >= 11 is 0. The molecule has 3 aromatic rings. The average molecular weight is 508 g/mol. The van der Waals surface area contributed by atoms with Crippen LogP contribution in [-0.2, 0) is 31.3 Å². The molecule has 4 N–H and O–H groups in total. The second-order valence-corrected chi connectivity index (χ2v) is 10.5. The Kier molecular flexibility index (Phi) is 7.67. The van der Waals surface area contributed by atoms with Crippen molar-refractivity contribution in [3.05, 3.63) is 84.2 Å². The Hall–Kier alpha value is -3.32. The largest absolute Gasteiger partial charge is 0.495 e. The Morgan fingerprint density at radius 2 is 1.65 bits per heavy atom. The van der Waals surface area contributed by atoms with E-state index in [0.717, 1.165) is 12.1 Å². The summed E-state index contributed by atoms with van der Waals surface area (Å²) in [4.78, 5) is 12.4. The van der Waals surface area contributed by atoms with Crippen LogP contribution >= 0.6 is 0 Å². The van der Waals surface area contributed by atoms with Gasteiger partial charge in [0.1, 0.15) is 22.5 Å². The zero-order valence-corrected chi connectivity index (χ0v) is 19.6. The summed E-state index contributed by atoms with van der Waals surface area (Å²) in [5.74, 6) is -1.60. The monoisotopic (exact) mass is 507 g/mol. The molecule has 34 heavy (non-hydrogen) atoms. The fraction of sp³-hybridized carbons (Fsp3) is 0.136. The number of benzene rings is 3. The number of amides is 1. The van der Waals surface area contributed by atoms with E-state index in [0.29, 0.717) is 5.56 Å². The second-order valence-electron chi connectivity index (χ2n) is 7.22. The van der Waals surface area contributed by atoms with Crippen LogP contribution in [0.25, 0.3) is 0 Å². The van der Waals surface area contributed by atoms with E-state index in [1.165, 1.54) is 37.4 Å². The number of sulfonamides is 2. The lowest BCUT2D eigenvalue weighted by Crippen LogP contribution is -2.45. The molecule has 180 valence electrons. The molecule has 0 fully saturated rings. The molecule has 0 bridgehead atoms. The zero-order valence-electron chi connectivity index (χ0n) is 17.9. The Labute approximate surface area is 196 Å². The van der Waals surface area contributed by atoms with Gasteiger partial charge in [0.2, 0.25) is 26.0 Å². The predicted octanol–water partition coefficient (Wildman–Crippen LogP) is 2.01. The van der Waals surface area contributed by atoms with Crippen molar-refractivity contribution in [3.63, 3.8) is 0 Å². The van der Waals surface area contributed by atoms with Gasteiger partial charge < -0.3 is 10.1 Å². The Morgan fingerprint density at radius 3 is 2.24 bits per heavy atom. The van der Waals surface area contributed by atoms with Crippen molar-refractivity contribution in [3.8, 4) is 5.75 Å². The van der Waals surface area contributed by atoms with Crippen molar-refractivity contribution in [1.29, 1.82) is 0 Å². The number of hydrogen-bond acceptors (Lipinski definition) is 6. The molecule has 9 nitrogen and oxygen atoms in total. The number of anilines is 1. The van der Waals surface area contributed by atoms with Gasteiger partial charge >= 0.3 is 0 Å². The van der Waals surface area contributed by atoms with Gasteiger partial charge in [-0.05, 0) is 54.4 Å². The Bertz CT molecular complexity index is 1380. The van der Waals surface area contributed by atoms with Gasteiger partial charge in [-0.2, -0.15) is 4.72 Å². The van der Waals surface area contributed by atoms with Crippen molar-refractivity contribution in [2.75, 3.05) is 12.4 Å². The number of carbonyl (C=O) groups excluding carboxylic acids is 1. The van der Waals surface area contributed by atoms with Crippen LogP contribution in [0.4, 0.5) is 10.1 Å². The molecule has 0 saturated heterocycles. The summed E-state index contributed by atoms with van der Waals surface area (Å²) in [5.41, 5.74) is 0.888. The fourth-order valence-corrected chi connectivity index (χ4v) is 5.00. The highest BCUT2D eigenvalue weighted by Gasteiger charge is 2.29. The van der Waals surface area contributed by atoms with Crippen molar-refractivity contribution in [2.45, 2.75) is 22.3 Å². The molecular weight excluding hydrogens is 485 g/mol. The molecule has 0 aliphatic rings. The Morgan fingerprint density at radius 1 is 1.00 bits per heavy atom. The van der Waals surface area contributed by atoms with Crippen LogP contribution in [0.3, 0.4) is 0 Å². The van der Waals surface area contributed by atoms with Gasteiger partial charge in [0.15, 0.2) is 0 Å². The highest BCUT2D eigenvalue weighted by molar-refractivity contribution is 7.89. The van der Waals surface area contributed by atoms with Crippen molar-refractivity contribution in [1.82, 2.24) is 4.72 Å². The third kappa shape index (κ3) is 6.38. The molecule has 1 amide bonds. The first-order valence-electron chi connectivity index (χ1n) is 9.83. The minimum absolute atomic E-state index is 0.0151. The number of nitrogens with two attached hydrogens (primary N) is 1. The summed E-state index contributed by atoms with van der Waals surface area (Å²) in [6.07, 6.45) is -0.0151. The summed E-state index contributed by atoms with van der Waals surface area (Å²) in [7, 11) is -7.05. The third-order valence-corrected chi connectivity index (χ3v) is 7.18. The van der Waals surface area contributed by atoms with Crippen LogP contribution in [0.1, 0.15) is 5.56 Å². The van der Waals surface area contributed by atoms with Gasteiger partial charge in [0.25, 0.3) is 0 Å². The Balaban J connectivity index is 1.91. The SMILES string of the molecule is COc1ccc(F)cc1S(=O)(=O)NC(Cc1ccccc1)C(=O)Nc1ccc(S(N)(=O)=O)cc1. The number of primary sulfonamides is 1. The maximum absolute atomic E-state index is 13.8. The van der Waals surface area contributed by atoms with Gasteiger partial charge in [-0.1, -0.05) is 30.3 Å². The molecule has 1 atom stereocenters. The third-order valence-electron chi connectivity index (χ3n) is 4.76. The summed E-state index contributed by atoms with van der Waals surface area (Å²) in [6.45, 7) is 0. The molecule has 0 saturated carbocycles. The number of halogens is 1. The maximum atomic E-state index is 13.8. The number of methoxy groups -OCH3 is 1. The molecule has 0 heterocycles. The zero-order chi connectivity index (χ0) is 24.9. The van der Waals surface area contributed by atoms with E-state index in [-0.39, 0.29) is 22.8 Å². The number of rotatable bonds is 9. The summed E-state index contributed by atoms with van der Waals surface area (Å²) in [5, 5.41) is 7.62. The van der Waals surface area contributed by atoms with Gasteiger partial charge in [0.05, 0.1) is 12.0 Å². The number of hydrogen-bond donors (Lipinski definition) is 3. The summed E-state index contributed by atoms with van der Waals surface area (Å²) in [6, 6.07) is 15.5. The molecule has 0 radical (unpaired) electrons. The van der Waals surface area contributed by atoms with Crippen LogP contribution in [0.5, 0.6) is 5.75 Å². The van der Waals surface area contributed by atoms with Gasteiger partial charge in [-0.25, -0.2) is 26.4 Å². The molecule has 0 spiro atoms. The van der Waals surface area contributed by atoms with Crippen molar-refractivity contribution in [2.24, 2.45) is 5.14 Å². The van der Waals surface area contributed by atoms with E-state index in [2.05, 4.69) is 10.0 Å². The quantitative estimate of drug-likeness (QED) is 0.404. The van der Waals surface area contributed by atoms with E-state index < -0.39 is 42.7 Å². The lowest BCUT2D eigenvalue weighted by Gasteiger charge is -2.20. The molecule has 0 aliphatic carbocycles. The highest BCUT2D eigenvalue weighted by Crippen LogP contribution is 2.25. The molecule has 3 rings (SSSR count). The topological polar surface area (TPSA) is 145 Å². The average Bonchev–Trinajstić information content (AvgIpc) is 2.79. The first-order valence-corrected chi connectivity index (χ1v) is 12.9. The number of ether oxygens (including phenoxy) is 1. The smallest absolute Gasteiger partial charge is 0.245 e. The number of carbonyl (C=O) groups is 1.